The van der Waals surface area contributed by atoms with Crippen LogP contribution >= 0.6 is 0 Å². The fourth-order valence-electron chi connectivity index (χ4n) is 2.01. The highest BCUT2D eigenvalue weighted by Gasteiger charge is 2.12. The van der Waals surface area contributed by atoms with E-state index in [1.54, 1.807) is 6.20 Å². The van der Waals surface area contributed by atoms with Gasteiger partial charge in [-0.15, -0.1) is 5.10 Å². The fraction of sp³-hybridized carbons (Fsp3) is 0.0769. The molecule has 6 nitrogen and oxygen atoms in total. The van der Waals surface area contributed by atoms with Crippen molar-refractivity contribution >= 4 is 16.9 Å². The van der Waals surface area contributed by atoms with E-state index in [2.05, 4.69) is 15.3 Å². The van der Waals surface area contributed by atoms with E-state index in [1.165, 1.54) is 10.9 Å². The second-order valence-corrected chi connectivity index (χ2v) is 4.05. The first-order chi connectivity index (χ1) is 9.25. The van der Waals surface area contributed by atoms with Crippen molar-refractivity contribution in [3.63, 3.8) is 0 Å². The SMILES string of the molecule is O=C(O)Cc1cnnn1-c1cccc2ncccc12. The maximum atomic E-state index is 10.8. The Morgan fingerprint density at radius 3 is 3.00 bits per heavy atom. The Hall–Kier alpha value is -2.76. The van der Waals surface area contributed by atoms with Crippen LogP contribution in [0.2, 0.25) is 0 Å². The lowest BCUT2D eigenvalue weighted by Crippen LogP contribution is -2.08. The van der Waals surface area contributed by atoms with Gasteiger partial charge in [0.25, 0.3) is 0 Å². The summed E-state index contributed by atoms with van der Waals surface area (Å²) < 4.78 is 1.54. The van der Waals surface area contributed by atoms with E-state index in [-0.39, 0.29) is 6.42 Å². The van der Waals surface area contributed by atoms with Crippen molar-refractivity contribution in [2.75, 3.05) is 0 Å². The van der Waals surface area contributed by atoms with Crippen LogP contribution in [0, 0.1) is 0 Å². The number of aromatic nitrogens is 4. The fourth-order valence-corrected chi connectivity index (χ4v) is 2.01. The topological polar surface area (TPSA) is 80.9 Å². The molecule has 0 unspecified atom stereocenters. The molecular formula is C13H10N4O2. The van der Waals surface area contributed by atoms with Gasteiger partial charge in [-0.2, -0.15) is 0 Å². The Morgan fingerprint density at radius 2 is 2.16 bits per heavy atom. The molecule has 2 heterocycles. The Bertz CT molecular complexity index is 746. The average Bonchev–Trinajstić information content (AvgIpc) is 2.85. The summed E-state index contributed by atoms with van der Waals surface area (Å²) in [6, 6.07) is 9.37. The maximum absolute atomic E-state index is 10.8. The van der Waals surface area contributed by atoms with Crippen molar-refractivity contribution in [2.24, 2.45) is 0 Å². The summed E-state index contributed by atoms with van der Waals surface area (Å²) >= 11 is 0. The predicted molar refractivity (Wildman–Crippen MR) is 68.0 cm³/mol. The van der Waals surface area contributed by atoms with E-state index >= 15 is 0 Å². The minimum absolute atomic E-state index is 0.121. The predicted octanol–water partition coefficient (Wildman–Crippen LogP) is 1.44. The van der Waals surface area contributed by atoms with Crippen LogP contribution < -0.4 is 0 Å². The van der Waals surface area contributed by atoms with Gasteiger partial charge in [-0.25, -0.2) is 4.68 Å². The van der Waals surface area contributed by atoms with Crippen LogP contribution in [0.1, 0.15) is 5.69 Å². The van der Waals surface area contributed by atoms with E-state index < -0.39 is 5.97 Å². The number of rotatable bonds is 3. The minimum atomic E-state index is -0.915. The molecule has 0 spiro atoms. The lowest BCUT2D eigenvalue weighted by molar-refractivity contribution is -0.136. The summed E-state index contributed by atoms with van der Waals surface area (Å²) in [5.74, 6) is -0.915. The van der Waals surface area contributed by atoms with Crippen LogP contribution in [0.3, 0.4) is 0 Å². The van der Waals surface area contributed by atoms with Gasteiger partial charge in [0.15, 0.2) is 0 Å². The summed E-state index contributed by atoms with van der Waals surface area (Å²) in [6.45, 7) is 0. The van der Waals surface area contributed by atoms with Crippen molar-refractivity contribution in [1.29, 1.82) is 0 Å². The van der Waals surface area contributed by atoms with E-state index in [0.29, 0.717) is 5.69 Å². The zero-order valence-corrected chi connectivity index (χ0v) is 9.89. The highest BCUT2D eigenvalue weighted by atomic mass is 16.4. The van der Waals surface area contributed by atoms with Crippen molar-refractivity contribution in [3.8, 4) is 5.69 Å². The molecule has 0 saturated heterocycles. The zero-order chi connectivity index (χ0) is 13.2. The number of carbonyl (C=O) groups is 1. The molecule has 3 rings (SSSR count). The van der Waals surface area contributed by atoms with Gasteiger partial charge in [-0.3, -0.25) is 9.78 Å². The number of carboxylic acid groups (broad SMARTS) is 1. The van der Waals surface area contributed by atoms with Gasteiger partial charge in [0, 0.05) is 11.6 Å². The first-order valence-corrected chi connectivity index (χ1v) is 5.71. The number of pyridine rings is 1. The summed E-state index contributed by atoms with van der Waals surface area (Å²) in [4.78, 5) is 15.1. The third-order valence-corrected chi connectivity index (χ3v) is 2.80. The summed E-state index contributed by atoms with van der Waals surface area (Å²) in [7, 11) is 0. The molecule has 6 heteroatoms. The van der Waals surface area contributed by atoms with Crippen LogP contribution in [0.15, 0.2) is 42.7 Å². The summed E-state index contributed by atoms with van der Waals surface area (Å²) in [6.07, 6.45) is 3.05. The van der Waals surface area contributed by atoms with E-state index in [4.69, 9.17) is 5.11 Å². The van der Waals surface area contributed by atoms with Gasteiger partial charge in [-0.05, 0) is 24.3 Å². The van der Waals surface area contributed by atoms with Crippen LogP contribution in [0.5, 0.6) is 0 Å². The van der Waals surface area contributed by atoms with Crippen LogP contribution in [0.25, 0.3) is 16.6 Å². The van der Waals surface area contributed by atoms with Crippen LogP contribution in [-0.4, -0.2) is 31.1 Å². The van der Waals surface area contributed by atoms with Gasteiger partial charge in [0.1, 0.15) is 0 Å². The maximum Gasteiger partial charge on any atom is 0.309 e. The number of benzene rings is 1. The summed E-state index contributed by atoms with van der Waals surface area (Å²) in [5.41, 5.74) is 2.14. The van der Waals surface area contributed by atoms with Gasteiger partial charge in [0.05, 0.1) is 29.5 Å². The molecule has 0 aliphatic heterocycles. The Balaban J connectivity index is 2.20. The Labute approximate surface area is 108 Å². The third kappa shape index (κ3) is 2.03. The lowest BCUT2D eigenvalue weighted by Gasteiger charge is -2.07. The van der Waals surface area contributed by atoms with E-state index in [0.717, 1.165) is 16.6 Å². The molecule has 94 valence electrons. The van der Waals surface area contributed by atoms with Crippen molar-refractivity contribution in [1.82, 2.24) is 20.0 Å². The number of hydrogen-bond donors (Lipinski definition) is 1. The van der Waals surface area contributed by atoms with Crippen molar-refractivity contribution in [2.45, 2.75) is 6.42 Å². The molecule has 0 fully saturated rings. The Kier molecular flexibility index (Phi) is 2.68. The second kappa shape index (κ2) is 4.49. The standard InChI is InChI=1S/C13H10N4O2/c18-13(19)7-9-8-15-16-17(9)12-5-1-4-11-10(12)3-2-6-14-11/h1-6,8H,7H2,(H,18,19). The van der Waals surface area contributed by atoms with Gasteiger partial charge >= 0.3 is 5.97 Å². The zero-order valence-electron chi connectivity index (χ0n) is 9.89. The number of aliphatic carboxylic acids is 1. The smallest absolute Gasteiger partial charge is 0.309 e. The monoisotopic (exact) mass is 254 g/mol. The molecule has 2 aromatic heterocycles. The third-order valence-electron chi connectivity index (χ3n) is 2.80. The molecule has 0 atom stereocenters. The highest BCUT2D eigenvalue weighted by Crippen LogP contribution is 2.20. The average molecular weight is 254 g/mol. The van der Waals surface area contributed by atoms with Gasteiger partial charge in [-0.1, -0.05) is 11.3 Å². The Morgan fingerprint density at radius 1 is 1.26 bits per heavy atom. The molecule has 1 aromatic carbocycles. The quantitative estimate of drug-likeness (QED) is 0.765. The number of fused-ring (bicyclic) bond motifs is 1. The normalized spacial score (nSPS) is 10.7. The molecule has 0 radical (unpaired) electrons. The molecule has 0 aliphatic rings. The molecular weight excluding hydrogens is 244 g/mol. The minimum Gasteiger partial charge on any atom is -0.481 e. The summed E-state index contributed by atoms with van der Waals surface area (Å²) in [5, 5.41) is 17.5. The molecule has 0 aliphatic carbocycles. The second-order valence-electron chi connectivity index (χ2n) is 4.05. The first kappa shape index (κ1) is 11.3. The van der Waals surface area contributed by atoms with Crippen molar-refractivity contribution in [3.05, 3.63) is 48.4 Å². The molecule has 0 bridgehead atoms. The largest absolute Gasteiger partial charge is 0.481 e. The molecule has 1 N–H and O–H groups in total. The van der Waals surface area contributed by atoms with Crippen LogP contribution in [-0.2, 0) is 11.2 Å². The molecule has 0 amide bonds. The van der Waals surface area contributed by atoms with Gasteiger partial charge < -0.3 is 5.11 Å². The molecule has 19 heavy (non-hydrogen) atoms. The molecule has 0 saturated carbocycles. The van der Waals surface area contributed by atoms with Crippen molar-refractivity contribution < 1.29 is 9.90 Å². The van der Waals surface area contributed by atoms with Crippen LogP contribution in [0.4, 0.5) is 0 Å². The van der Waals surface area contributed by atoms with E-state index in [9.17, 15) is 4.79 Å². The number of carboxylic acids is 1. The first-order valence-electron chi connectivity index (χ1n) is 5.71. The number of hydrogen-bond acceptors (Lipinski definition) is 4. The number of nitrogens with zero attached hydrogens (tertiary/aromatic N) is 4. The lowest BCUT2D eigenvalue weighted by atomic mass is 10.2. The van der Waals surface area contributed by atoms with E-state index in [1.807, 2.05) is 30.3 Å². The molecule has 3 aromatic rings. The highest BCUT2D eigenvalue weighted by molar-refractivity contribution is 5.87. The van der Waals surface area contributed by atoms with Gasteiger partial charge in [0.2, 0.25) is 0 Å².